The molecule has 162 valence electrons. The molecule has 31 heavy (non-hydrogen) atoms. The van der Waals surface area contributed by atoms with E-state index in [2.05, 4.69) is 33.4 Å². The molecule has 3 aromatic rings. The molecule has 1 aromatic heterocycles. The fraction of sp³-hybridized carbons (Fsp3) is 0.227. The lowest BCUT2D eigenvalue weighted by atomic mass is 10.1. The molecule has 9 heteroatoms. The van der Waals surface area contributed by atoms with Crippen LogP contribution >= 0.6 is 36.4 Å². The van der Waals surface area contributed by atoms with Crippen molar-refractivity contribution in [3.63, 3.8) is 0 Å². The minimum Gasteiger partial charge on any atom is -0.495 e. The molecule has 0 aliphatic rings. The summed E-state index contributed by atoms with van der Waals surface area (Å²) < 4.78 is 5.18. The Hall–Kier alpha value is -2.74. The predicted molar refractivity (Wildman–Crippen MR) is 130 cm³/mol. The standard InChI is InChI=1S/C22H20ClN5O.2ClH/c1-28(2)10-4-5-20-17-8-6-15(13-24)11-18(17)22(27-26-20)25-14-16-7-9-21(29-3)19(23)12-16;;/h6-9,11-12H,10,14H2,1-3H3,(H,25,27);2*1H. The highest BCUT2D eigenvalue weighted by Gasteiger charge is 2.10. The largest absolute Gasteiger partial charge is 0.495 e. The van der Waals surface area contributed by atoms with E-state index in [-0.39, 0.29) is 24.8 Å². The number of anilines is 1. The number of nitrogens with one attached hydrogen (secondary N) is 1. The van der Waals surface area contributed by atoms with Gasteiger partial charge in [0.05, 0.1) is 30.3 Å². The van der Waals surface area contributed by atoms with Gasteiger partial charge >= 0.3 is 0 Å². The van der Waals surface area contributed by atoms with Crippen LogP contribution in [0, 0.1) is 23.2 Å². The van der Waals surface area contributed by atoms with Gasteiger partial charge in [0, 0.05) is 17.3 Å². The van der Waals surface area contributed by atoms with Gasteiger partial charge in [0.2, 0.25) is 0 Å². The monoisotopic (exact) mass is 477 g/mol. The van der Waals surface area contributed by atoms with Crippen LogP contribution in [0.1, 0.15) is 16.8 Å². The highest BCUT2D eigenvalue weighted by atomic mass is 35.5. The number of hydrogen-bond acceptors (Lipinski definition) is 6. The topological polar surface area (TPSA) is 74.1 Å². The molecule has 0 amide bonds. The van der Waals surface area contributed by atoms with Crippen molar-refractivity contribution in [2.24, 2.45) is 0 Å². The maximum Gasteiger partial charge on any atom is 0.156 e. The van der Waals surface area contributed by atoms with Gasteiger partial charge in [0.25, 0.3) is 0 Å². The van der Waals surface area contributed by atoms with Gasteiger partial charge in [-0.25, -0.2) is 0 Å². The van der Waals surface area contributed by atoms with Crippen LogP contribution in [-0.2, 0) is 6.54 Å². The third kappa shape index (κ3) is 6.62. The van der Waals surface area contributed by atoms with E-state index in [0.717, 1.165) is 16.3 Å². The summed E-state index contributed by atoms with van der Waals surface area (Å²) in [5.74, 6) is 7.36. The highest BCUT2D eigenvalue weighted by Crippen LogP contribution is 2.27. The van der Waals surface area contributed by atoms with E-state index in [4.69, 9.17) is 16.3 Å². The molecular weight excluding hydrogens is 457 g/mol. The molecule has 1 heterocycles. The summed E-state index contributed by atoms with van der Waals surface area (Å²) in [7, 11) is 5.49. The number of aromatic nitrogens is 2. The van der Waals surface area contributed by atoms with Crippen molar-refractivity contribution in [2.75, 3.05) is 33.1 Å². The van der Waals surface area contributed by atoms with Gasteiger partial charge < -0.3 is 10.1 Å². The van der Waals surface area contributed by atoms with Crippen LogP contribution in [0.2, 0.25) is 5.02 Å². The average molecular weight is 479 g/mol. The molecule has 0 fully saturated rings. The minimum atomic E-state index is 0. The van der Waals surface area contributed by atoms with Crippen LogP contribution in [0.4, 0.5) is 5.82 Å². The lowest BCUT2D eigenvalue weighted by Crippen LogP contribution is -2.11. The highest BCUT2D eigenvalue weighted by molar-refractivity contribution is 6.32. The van der Waals surface area contributed by atoms with Gasteiger partial charge in [-0.15, -0.1) is 35.0 Å². The molecule has 0 bridgehead atoms. The molecule has 3 rings (SSSR count). The molecule has 6 nitrogen and oxygen atoms in total. The van der Waals surface area contributed by atoms with Crippen molar-refractivity contribution in [3.8, 4) is 23.7 Å². The third-order valence-electron chi connectivity index (χ3n) is 4.19. The van der Waals surface area contributed by atoms with Crippen molar-refractivity contribution in [1.29, 1.82) is 5.26 Å². The molecule has 2 aromatic carbocycles. The Balaban J connectivity index is 0.00000240. The molecule has 0 spiro atoms. The van der Waals surface area contributed by atoms with Crippen molar-refractivity contribution in [1.82, 2.24) is 15.1 Å². The molecule has 0 radical (unpaired) electrons. The first-order chi connectivity index (χ1) is 14.0. The van der Waals surface area contributed by atoms with E-state index in [1.807, 2.05) is 43.3 Å². The van der Waals surface area contributed by atoms with Crippen LogP contribution < -0.4 is 10.1 Å². The van der Waals surface area contributed by atoms with Crippen molar-refractivity contribution < 1.29 is 4.74 Å². The molecule has 0 unspecified atom stereocenters. The van der Waals surface area contributed by atoms with Crippen LogP contribution in [0.25, 0.3) is 10.8 Å². The first-order valence-electron chi connectivity index (χ1n) is 8.92. The summed E-state index contributed by atoms with van der Waals surface area (Å²) in [5, 5.41) is 23.3. The molecule has 0 saturated carbocycles. The normalized spacial score (nSPS) is 9.68. The van der Waals surface area contributed by atoms with Crippen molar-refractivity contribution in [3.05, 3.63) is 58.2 Å². The second kappa shape index (κ2) is 12.2. The number of nitriles is 1. The number of fused-ring (bicyclic) bond motifs is 1. The number of ether oxygens (including phenoxy) is 1. The zero-order chi connectivity index (χ0) is 20.8. The quantitative estimate of drug-likeness (QED) is 0.543. The zero-order valence-electron chi connectivity index (χ0n) is 17.3. The molecular formula is C22H22Cl3N5O. The van der Waals surface area contributed by atoms with Gasteiger partial charge in [-0.3, -0.25) is 4.90 Å². The number of hydrogen-bond donors (Lipinski definition) is 1. The summed E-state index contributed by atoms with van der Waals surface area (Å²) in [4.78, 5) is 1.98. The fourth-order valence-electron chi connectivity index (χ4n) is 2.73. The van der Waals surface area contributed by atoms with Gasteiger partial charge in [0.1, 0.15) is 11.4 Å². The Morgan fingerprint density at radius 2 is 1.87 bits per heavy atom. The summed E-state index contributed by atoms with van der Waals surface area (Å²) in [6.07, 6.45) is 0. The van der Waals surface area contributed by atoms with Gasteiger partial charge in [-0.05, 0) is 49.8 Å². The number of nitrogens with zero attached hydrogens (tertiary/aromatic N) is 4. The summed E-state index contributed by atoms with van der Waals surface area (Å²) >= 11 is 6.20. The minimum absolute atomic E-state index is 0. The Bertz CT molecular complexity index is 1150. The Morgan fingerprint density at radius 3 is 2.52 bits per heavy atom. The Morgan fingerprint density at radius 1 is 1.10 bits per heavy atom. The van der Waals surface area contributed by atoms with Crippen LogP contribution in [0.15, 0.2) is 36.4 Å². The van der Waals surface area contributed by atoms with Crippen molar-refractivity contribution >= 4 is 53.0 Å². The predicted octanol–water partition coefficient (Wildman–Crippen LogP) is 4.53. The fourth-order valence-corrected chi connectivity index (χ4v) is 3.01. The third-order valence-corrected chi connectivity index (χ3v) is 4.48. The van der Waals surface area contributed by atoms with E-state index in [1.54, 1.807) is 19.2 Å². The first-order valence-corrected chi connectivity index (χ1v) is 9.30. The lowest BCUT2D eigenvalue weighted by Gasteiger charge is -2.11. The van der Waals surface area contributed by atoms with E-state index in [9.17, 15) is 5.26 Å². The Labute approximate surface area is 199 Å². The molecule has 1 N–H and O–H groups in total. The number of benzene rings is 2. The summed E-state index contributed by atoms with van der Waals surface area (Å²) in [6.45, 7) is 1.12. The number of methoxy groups -OCH3 is 1. The SMILES string of the molecule is COc1ccc(CNc2nnc(C#CCN(C)C)c3ccc(C#N)cc23)cc1Cl.Cl.Cl. The Kier molecular flexibility index (Phi) is 10.3. The van der Waals surface area contributed by atoms with E-state index in [0.29, 0.717) is 40.9 Å². The average Bonchev–Trinajstić information content (AvgIpc) is 2.72. The maximum absolute atomic E-state index is 9.28. The molecule has 0 aliphatic heterocycles. The second-order valence-electron chi connectivity index (χ2n) is 6.63. The molecule has 0 saturated heterocycles. The van der Waals surface area contributed by atoms with E-state index >= 15 is 0 Å². The van der Waals surface area contributed by atoms with Crippen LogP contribution in [0.5, 0.6) is 5.75 Å². The number of halogens is 3. The summed E-state index contributed by atoms with van der Waals surface area (Å²) in [6, 6.07) is 13.2. The van der Waals surface area contributed by atoms with Gasteiger partial charge in [0.15, 0.2) is 5.82 Å². The smallest absolute Gasteiger partial charge is 0.156 e. The van der Waals surface area contributed by atoms with Crippen molar-refractivity contribution in [2.45, 2.75) is 6.54 Å². The zero-order valence-corrected chi connectivity index (χ0v) is 19.7. The molecule has 0 aliphatic carbocycles. The van der Waals surface area contributed by atoms with E-state index < -0.39 is 0 Å². The van der Waals surface area contributed by atoms with Gasteiger partial charge in [-0.1, -0.05) is 29.7 Å². The van der Waals surface area contributed by atoms with Crippen LogP contribution in [-0.4, -0.2) is 42.8 Å². The summed E-state index contributed by atoms with van der Waals surface area (Å²) in [5.41, 5.74) is 2.11. The second-order valence-corrected chi connectivity index (χ2v) is 7.04. The van der Waals surface area contributed by atoms with Gasteiger partial charge in [-0.2, -0.15) is 5.26 Å². The van der Waals surface area contributed by atoms with Crippen LogP contribution in [0.3, 0.4) is 0 Å². The molecule has 0 atom stereocenters. The first kappa shape index (κ1) is 26.3. The maximum atomic E-state index is 9.28. The van der Waals surface area contributed by atoms with E-state index in [1.165, 1.54) is 0 Å². The number of rotatable bonds is 5. The lowest BCUT2D eigenvalue weighted by molar-refractivity contribution is 0.415.